The van der Waals surface area contributed by atoms with Crippen molar-refractivity contribution in [2.24, 2.45) is 0 Å². The van der Waals surface area contributed by atoms with Gasteiger partial charge in [0.2, 0.25) is 0 Å². The minimum atomic E-state index is -3.01. The van der Waals surface area contributed by atoms with Gasteiger partial charge >= 0.3 is 0 Å². The first-order valence-electron chi connectivity index (χ1n) is 5.84. The van der Waals surface area contributed by atoms with Crippen LogP contribution in [0, 0.1) is 0 Å². The molecular formula is C12H16N2O3S. The van der Waals surface area contributed by atoms with Crippen molar-refractivity contribution in [1.29, 1.82) is 0 Å². The van der Waals surface area contributed by atoms with Gasteiger partial charge < -0.3 is 11.1 Å². The topological polar surface area (TPSA) is 89.3 Å². The summed E-state index contributed by atoms with van der Waals surface area (Å²) in [7, 11) is -3.01. The molecule has 1 aliphatic rings. The highest BCUT2D eigenvalue weighted by molar-refractivity contribution is 7.92. The number of benzene rings is 1. The van der Waals surface area contributed by atoms with Crippen LogP contribution in [0.1, 0.15) is 23.2 Å². The lowest BCUT2D eigenvalue weighted by Gasteiger charge is -2.10. The number of carbonyl (C=O) groups excluding carboxylic acids is 1. The SMILES string of the molecule is Nc1ccc(C(=O)NCC2CCCS2(=O)=O)cc1. The van der Waals surface area contributed by atoms with Crippen molar-refractivity contribution >= 4 is 21.4 Å². The van der Waals surface area contributed by atoms with Gasteiger partial charge in [-0.15, -0.1) is 0 Å². The Kier molecular flexibility index (Phi) is 3.56. The fourth-order valence-electron chi connectivity index (χ4n) is 2.03. The maximum absolute atomic E-state index is 11.8. The van der Waals surface area contributed by atoms with E-state index in [1.807, 2.05) is 0 Å². The Morgan fingerprint density at radius 3 is 2.56 bits per heavy atom. The van der Waals surface area contributed by atoms with Gasteiger partial charge in [-0.25, -0.2) is 8.42 Å². The van der Waals surface area contributed by atoms with Crippen LogP contribution in [0.3, 0.4) is 0 Å². The minimum Gasteiger partial charge on any atom is -0.399 e. The van der Waals surface area contributed by atoms with Crippen molar-refractivity contribution in [1.82, 2.24) is 5.32 Å². The third-order valence-corrected chi connectivity index (χ3v) is 5.40. The summed E-state index contributed by atoms with van der Waals surface area (Å²) < 4.78 is 23.2. The Labute approximate surface area is 106 Å². The van der Waals surface area contributed by atoms with Crippen LogP contribution < -0.4 is 11.1 Å². The summed E-state index contributed by atoms with van der Waals surface area (Å²) in [5.41, 5.74) is 6.60. The normalized spacial score (nSPS) is 21.7. The minimum absolute atomic E-state index is 0.186. The van der Waals surface area contributed by atoms with Crippen molar-refractivity contribution in [2.75, 3.05) is 18.0 Å². The molecule has 1 unspecified atom stereocenters. The average molecular weight is 268 g/mol. The molecule has 6 heteroatoms. The van der Waals surface area contributed by atoms with Crippen LogP contribution in [0.2, 0.25) is 0 Å². The fourth-order valence-corrected chi connectivity index (χ4v) is 3.80. The van der Waals surface area contributed by atoms with Gasteiger partial charge in [0.25, 0.3) is 5.91 Å². The molecule has 0 saturated carbocycles. The van der Waals surface area contributed by atoms with Crippen LogP contribution >= 0.6 is 0 Å². The number of nitrogen functional groups attached to an aromatic ring is 1. The van der Waals surface area contributed by atoms with Gasteiger partial charge in [-0.3, -0.25) is 4.79 Å². The number of hydrogen-bond acceptors (Lipinski definition) is 4. The van der Waals surface area contributed by atoms with Crippen LogP contribution in [-0.4, -0.2) is 31.9 Å². The molecule has 98 valence electrons. The number of carbonyl (C=O) groups is 1. The van der Waals surface area contributed by atoms with E-state index in [1.54, 1.807) is 24.3 Å². The Morgan fingerprint density at radius 1 is 1.33 bits per heavy atom. The Hall–Kier alpha value is -1.56. The summed E-state index contributed by atoms with van der Waals surface area (Å²) in [6.07, 6.45) is 1.31. The van der Waals surface area contributed by atoms with Crippen molar-refractivity contribution < 1.29 is 13.2 Å². The van der Waals surface area contributed by atoms with Crippen LogP contribution in [0.5, 0.6) is 0 Å². The quantitative estimate of drug-likeness (QED) is 0.785. The van der Waals surface area contributed by atoms with Gasteiger partial charge in [-0.1, -0.05) is 0 Å². The van der Waals surface area contributed by atoms with E-state index in [2.05, 4.69) is 5.32 Å². The van der Waals surface area contributed by atoms with E-state index >= 15 is 0 Å². The van der Waals surface area contributed by atoms with Gasteiger partial charge in [0, 0.05) is 17.8 Å². The number of sulfone groups is 1. The lowest BCUT2D eigenvalue weighted by Crippen LogP contribution is -2.34. The number of hydrogen-bond donors (Lipinski definition) is 2. The second-order valence-corrected chi connectivity index (χ2v) is 6.86. The Balaban J connectivity index is 1.95. The predicted octanol–water partition coefficient (Wildman–Crippen LogP) is 0.576. The summed E-state index contributed by atoms with van der Waals surface area (Å²) >= 11 is 0. The molecule has 2 rings (SSSR count). The molecule has 0 aromatic heterocycles. The standard InChI is InChI=1S/C12H16N2O3S/c13-10-5-3-9(4-6-10)12(15)14-8-11-2-1-7-18(11,16)17/h3-6,11H,1-2,7-8,13H2,(H,14,15). The summed E-state index contributed by atoms with van der Waals surface area (Å²) in [5.74, 6) is -0.0350. The third kappa shape index (κ3) is 2.81. The van der Waals surface area contributed by atoms with Gasteiger partial charge in [-0.2, -0.15) is 0 Å². The number of amides is 1. The highest BCUT2D eigenvalue weighted by atomic mass is 32.2. The molecule has 1 aromatic rings. The van der Waals surface area contributed by atoms with E-state index in [4.69, 9.17) is 5.73 Å². The number of nitrogens with two attached hydrogens (primary N) is 1. The van der Waals surface area contributed by atoms with Crippen molar-refractivity contribution in [3.8, 4) is 0 Å². The molecular weight excluding hydrogens is 252 g/mol. The molecule has 0 spiro atoms. The van der Waals surface area contributed by atoms with Crippen molar-refractivity contribution in [3.05, 3.63) is 29.8 Å². The van der Waals surface area contributed by atoms with E-state index < -0.39 is 15.1 Å². The van der Waals surface area contributed by atoms with Gasteiger partial charge in [0.15, 0.2) is 9.84 Å². The van der Waals surface area contributed by atoms with E-state index in [0.717, 1.165) is 0 Å². The zero-order valence-electron chi connectivity index (χ0n) is 9.93. The molecule has 0 radical (unpaired) electrons. The lowest BCUT2D eigenvalue weighted by atomic mass is 10.2. The van der Waals surface area contributed by atoms with Crippen LogP contribution in [-0.2, 0) is 9.84 Å². The molecule has 0 aliphatic carbocycles. The first kappa shape index (κ1) is 12.9. The molecule has 1 aromatic carbocycles. The summed E-state index contributed by atoms with van der Waals surface area (Å²) in [6, 6.07) is 6.52. The van der Waals surface area contributed by atoms with E-state index in [-0.39, 0.29) is 18.2 Å². The number of nitrogens with one attached hydrogen (secondary N) is 1. The maximum atomic E-state index is 11.8. The molecule has 5 nitrogen and oxygen atoms in total. The molecule has 1 fully saturated rings. The highest BCUT2D eigenvalue weighted by Crippen LogP contribution is 2.19. The zero-order chi connectivity index (χ0) is 13.2. The highest BCUT2D eigenvalue weighted by Gasteiger charge is 2.31. The van der Waals surface area contributed by atoms with Crippen LogP contribution in [0.4, 0.5) is 5.69 Å². The van der Waals surface area contributed by atoms with Crippen molar-refractivity contribution in [2.45, 2.75) is 18.1 Å². The Bertz CT molecular complexity index is 537. The number of anilines is 1. The van der Waals surface area contributed by atoms with E-state index in [1.165, 1.54) is 0 Å². The molecule has 18 heavy (non-hydrogen) atoms. The largest absolute Gasteiger partial charge is 0.399 e. The number of rotatable bonds is 3. The van der Waals surface area contributed by atoms with Crippen molar-refractivity contribution in [3.63, 3.8) is 0 Å². The molecule has 1 aliphatic heterocycles. The predicted molar refractivity (Wildman–Crippen MR) is 70.0 cm³/mol. The average Bonchev–Trinajstić information content (AvgIpc) is 2.66. The first-order chi connectivity index (χ1) is 8.49. The summed E-state index contributed by atoms with van der Waals surface area (Å²) in [4.78, 5) is 11.8. The van der Waals surface area contributed by atoms with Gasteiger partial charge in [-0.05, 0) is 37.1 Å². The van der Waals surface area contributed by atoms with Crippen LogP contribution in [0.15, 0.2) is 24.3 Å². The zero-order valence-corrected chi connectivity index (χ0v) is 10.7. The fraction of sp³-hybridized carbons (Fsp3) is 0.417. The summed E-state index contributed by atoms with van der Waals surface area (Å²) in [6.45, 7) is 0.186. The van der Waals surface area contributed by atoms with Gasteiger partial charge in [0.05, 0.1) is 11.0 Å². The maximum Gasteiger partial charge on any atom is 0.251 e. The second kappa shape index (κ2) is 4.97. The monoisotopic (exact) mass is 268 g/mol. The molecule has 0 bridgehead atoms. The second-order valence-electron chi connectivity index (χ2n) is 4.46. The summed E-state index contributed by atoms with van der Waals surface area (Å²) in [5, 5.41) is 2.22. The molecule has 1 atom stereocenters. The van der Waals surface area contributed by atoms with Gasteiger partial charge in [0.1, 0.15) is 0 Å². The first-order valence-corrected chi connectivity index (χ1v) is 7.56. The molecule has 1 amide bonds. The Morgan fingerprint density at radius 2 is 2.00 bits per heavy atom. The van der Waals surface area contributed by atoms with E-state index in [0.29, 0.717) is 24.1 Å². The molecule has 3 N–H and O–H groups in total. The third-order valence-electron chi connectivity index (χ3n) is 3.13. The molecule has 1 heterocycles. The molecule has 1 saturated heterocycles. The van der Waals surface area contributed by atoms with E-state index in [9.17, 15) is 13.2 Å². The smallest absolute Gasteiger partial charge is 0.251 e. The van der Waals surface area contributed by atoms with Crippen LogP contribution in [0.25, 0.3) is 0 Å². The lowest BCUT2D eigenvalue weighted by molar-refractivity contribution is 0.0953.